The van der Waals surface area contributed by atoms with Gasteiger partial charge in [-0.1, -0.05) is 12.8 Å². The molecule has 1 aliphatic rings. The third-order valence-corrected chi connectivity index (χ3v) is 3.87. The summed E-state index contributed by atoms with van der Waals surface area (Å²) < 4.78 is 5.30. The average molecular weight is 261 g/mol. The summed E-state index contributed by atoms with van der Waals surface area (Å²) in [6.45, 7) is 5.75. The van der Waals surface area contributed by atoms with E-state index in [4.69, 9.17) is 4.74 Å². The van der Waals surface area contributed by atoms with Gasteiger partial charge in [0.1, 0.15) is 5.75 Å². The maximum Gasteiger partial charge on any atom is 0.254 e. The molecule has 1 aromatic rings. The summed E-state index contributed by atoms with van der Waals surface area (Å²) in [5, 5.41) is 0. The first-order chi connectivity index (χ1) is 9.13. The van der Waals surface area contributed by atoms with Crippen LogP contribution in [0.25, 0.3) is 0 Å². The van der Waals surface area contributed by atoms with Gasteiger partial charge in [-0.3, -0.25) is 4.79 Å². The highest BCUT2D eigenvalue weighted by Crippen LogP contribution is 2.24. The van der Waals surface area contributed by atoms with Crippen molar-refractivity contribution in [2.75, 3.05) is 20.2 Å². The molecule has 1 amide bonds. The van der Waals surface area contributed by atoms with E-state index >= 15 is 0 Å². The van der Waals surface area contributed by atoms with E-state index in [-0.39, 0.29) is 5.91 Å². The number of hydrogen-bond donors (Lipinski definition) is 0. The van der Waals surface area contributed by atoms with Crippen LogP contribution in [0.15, 0.2) is 12.1 Å². The molecule has 0 bridgehead atoms. The van der Waals surface area contributed by atoms with E-state index in [2.05, 4.69) is 0 Å². The molecule has 0 atom stereocenters. The van der Waals surface area contributed by atoms with Gasteiger partial charge in [0.05, 0.1) is 7.11 Å². The fourth-order valence-corrected chi connectivity index (χ4v) is 2.68. The lowest BCUT2D eigenvalue weighted by Crippen LogP contribution is -2.32. The van der Waals surface area contributed by atoms with Gasteiger partial charge in [0.25, 0.3) is 5.91 Å². The molecule has 0 radical (unpaired) electrons. The van der Waals surface area contributed by atoms with Gasteiger partial charge in [0, 0.05) is 18.7 Å². The number of aryl methyl sites for hydroxylation is 2. The number of methoxy groups -OCH3 is 1. The van der Waals surface area contributed by atoms with E-state index in [1.165, 1.54) is 12.8 Å². The standard InChI is InChI=1S/C16H23NO2/c1-12-11-15(19-3)13(2)10-14(12)16(18)17-8-6-4-5-7-9-17/h10-11H,4-9H2,1-3H3. The maximum absolute atomic E-state index is 12.6. The molecule has 104 valence electrons. The van der Waals surface area contributed by atoms with Crippen LogP contribution in [0.1, 0.15) is 47.2 Å². The van der Waals surface area contributed by atoms with Gasteiger partial charge >= 0.3 is 0 Å². The second-order valence-electron chi connectivity index (χ2n) is 5.34. The second-order valence-corrected chi connectivity index (χ2v) is 5.34. The number of hydrogen-bond acceptors (Lipinski definition) is 2. The summed E-state index contributed by atoms with van der Waals surface area (Å²) >= 11 is 0. The molecule has 0 unspecified atom stereocenters. The first-order valence-corrected chi connectivity index (χ1v) is 7.08. The van der Waals surface area contributed by atoms with Crippen molar-refractivity contribution in [1.29, 1.82) is 0 Å². The zero-order chi connectivity index (χ0) is 13.8. The van der Waals surface area contributed by atoms with Crippen molar-refractivity contribution >= 4 is 5.91 Å². The number of carbonyl (C=O) groups is 1. The van der Waals surface area contributed by atoms with E-state index in [0.717, 1.165) is 48.4 Å². The van der Waals surface area contributed by atoms with E-state index < -0.39 is 0 Å². The molecule has 0 N–H and O–H groups in total. The molecule has 2 rings (SSSR count). The molecule has 0 aliphatic carbocycles. The Kier molecular flexibility index (Phi) is 4.46. The van der Waals surface area contributed by atoms with Gasteiger partial charge < -0.3 is 9.64 Å². The molecule has 0 spiro atoms. The fourth-order valence-electron chi connectivity index (χ4n) is 2.68. The van der Waals surface area contributed by atoms with Gasteiger partial charge in [0.15, 0.2) is 0 Å². The first-order valence-electron chi connectivity index (χ1n) is 7.08. The third-order valence-electron chi connectivity index (χ3n) is 3.87. The molecule has 3 heteroatoms. The minimum absolute atomic E-state index is 0.171. The van der Waals surface area contributed by atoms with Crippen LogP contribution in [-0.2, 0) is 0 Å². The molecule has 0 aromatic heterocycles. The third kappa shape index (κ3) is 3.09. The number of benzene rings is 1. The van der Waals surface area contributed by atoms with Crippen LogP contribution in [0.4, 0.5) is 0 Å². The smallest absolute Gasteiger partial charge is 0.254 e. The van der Waals surface area contributed by atoms with Gasteiger partial charge in [-0.25, -0.2) is 0 Å². The molecule has 1 aromatic carbocycles. The SMILES string of the molecule is COc1cc(C)c(C(=O)N2CCCCCC2)cc1C. The number of ether oxygens (including phenoxy) is 1. The van der Waals surface area contributed by atoms with E-state index in [1.807, 2.05) is 30.9 Å². The molecule has 1 heterocycles. The van der Waals surface area contributed by atoms with Crippen molar-refractivity contribution in [2.45, 2.75) is 39.5 Å². The highest BCUT2D eigenvalue weighted by molar-refractivity contribution is 5.96. The quantitative estimate of drug-likeness (QED) is 0.817. The Bertz CT molecular complexity index is 460. The zero-order valence-corrected chi connectivity index (χ0v) is 12.2. The van der Waals surface area contributed by atoms with Crippen molar-refractivity contribution in [3.8, 4) is 5.75 Å². The lowest BCUT2D eigenvalue weighted by atomic mass is 10.0. The highest BCUT2D eigenvalue weighted by atomic mass is 16.5. The van der Waals surface area contributed by atoms with Crippen molar-refractivity contribution < 1.29 is 9.53 Å². The number of nitrogens with zero attached hydrogens (tertiary/aromatic N) is 1. The molecule has 3 nitrogen and oxygen atoms in total. The van der Waals surface area contributed by atoms with Crippen molar-refractivity contribution in [2.24, 2.45) is 0 Å². The highest BCUT2D eigenvalue weighted by Gasteiger charge is 2.19. The fraction of sp³-hybridized carbons (Fsp3) is 0.562. The van der Waals surface area contributed by atoms with E-state index in [9.17, 15) is 4.79 Å². The molecule has 1 fully saturated rings. The van der Waals surface area contributed by atoms with Crippen molar-refractivity contribution in [3.63, 3.8) is 0 Å². The Hall–Kier alpha value is -1.51. The van der Waals surface area contributed by atoms with Crippen LogP contribution in [-0.4, -0.2) is 31.0 Å². The predicted octanol–water partition coefficient (Wildman–Crippen LogP) is 3.33. The van der Waals surface area contributed by atoms with Crippen LogP contribution in [0.3, 0.4) is 0 Å². The number of amides is 1. The number of carbonyl (C=O) groups excluding carboxylic acids is 1. The minimum Gasteiger partial charge on any atom is -0.496 e. The van der Waals surface area contributed by atoms with Crippen LogP contribution < -0.4 is 4.74 Å². The minimum atomic E-state index is 0.171. The summed E-state index contributed by atoms with van der Waals surface area (Å²) in [4.78, 5) is 14.6. The van der Waals surface area contributed by atoms with Crippen molar-refractivity contribution in [1.82, 2.24) is 4.90 Å². The van der Waals surface area contributed by atoms with Crippen LogP contribution >= 0.6 is 0 Å². The largest absolute Gasteiger partial charge is 0.496 e. The average Bonchev–Trinajstić information content (AvgIpc) is 2.69. The Morgan fingerprint density at radius 3 is 2.26 bits per heavy atom. The van der Waals surface area contributed by atoms with Gasteiger partial charge in [-0.2, -0.15) is 0 Å². The topological polar surface area (TPSA) is 29.5 Å². The molecule has 0 saturated carbocycles. The summed E-state index contributed by atoms with van der Waals surface area (Å²) in [5.74, 6) is 1.02. The lowest BCUT2D eigenvalue weighted by Gasteiger charge is -2.22. The maximum atomic E-state index is 12.6. The summed E-state index contributed by atoms with van der Waals surface area (Å²) in [6, 6.07) is 3.92. The monoisotopic (exact) mass is 261 g/mol. The van der Waals surface area contributed by atoms with Gasteiger partial charge in [-0.05, 0) is 49.9 Å². The lowest BCUT2D eigenvalue weighted by molar-refractivity contribution is 0.0761. The molecule has 19 heavy (non-hydrogen) atoms. The van der Waals surface area contributed by atoms with Crippen LogP contribution in [0.5, 0.6) is 5.75 Å². The van der Waals surface area contributed by atoms with Gasteiger partial charge in [0.2, 0.25) is 0 Å². The Morgan fingerprint density at radius 1 is 1.05 bits per heavy atom. The molecule has 1 aliphatic heterocycles. The summed E-state index contributed by atoms with van der Waals surface area (Å²) in [5.41, 5.74) is 2.84. The molecule has 1 saturated heterocycles. The predicted molar refractivity (Wildman–Crippen MR) is 76.8 cm³/mol. The Morgan fingerprint density at radius 2 is 1.68 bits per heavy atom. The van der Waals surface area contributed by atoms with Crippen LogP contribution in [0.2, 0.25) is 0 Å². The Balaban J connectivity index is 2.25. The first kappa shape index (κ1) is 13.9. The normalized spacial score (nSPS) is 16.1. The molecular weight excluding hydrogens is 238 g/mol. The van der Waals surface area contributed by atoms with E-state index in [0.29, 0.717) is 0 Å². The summed E-state index contributed by atoms with van der Waals surface area (Å²) in [6.07, 6.45) is 4.73. The van der Waals surface area contributed by atoms with Crippen LogP contribution in [0, 0.1) is 13.8 Å². The van der Waals surface area contributed by atoms with E-state index in [1.54, 1.807) is 7.11 Å². The number of likely N-dealkylation sites (tertiary alicyclic amines) is 1. The molecular formula is C16H23NO2. The van der Waals surface area contributed by atoms with Gasteiger partial charge in [-0.15, -0.1) is 0 Å². The Labute approximate surface area is 115 Å². The van der Waals surface area contributed by atoms with Crippen molar-refractivity contribution in [3.05, 3.63) is 28.8 Å². The zero-order valence-electron chi connectivity index (χ0n) is 12.2. The summed E-state index contributed by atoms with van der Waals surface area (Å²) in [7, 11) is 1.66. The second kappa shape index (κ2) is 6.09. The number of rotatable bonds is 2.